The molecule has 5 heteroatoms. The van der Waals surface area contributed by atoms with E-state index in [1.807, 2.05) is 6.92 Å². The molecule has 0 rings (SSSR count). The predicted molar refractivity (Wildman–Crippen MR) is 50.4 cm³/mol. The molecule has 2 N–H and O–H groups in total. The van der Waals surface area contributed by atoms with Crippen molar-refractivity contribution in [3.63, 3.8) is 0 Å². The van der Waals surface area contributed by atoms with Crippen LogP contribution in [0, 0.1) is 0 Å². The number of rotatable bonds is 6. The number of nitrogens with two attached hydrogens (primary N) is 1. The van der Waals surface area contributed by atoms with Gasteiger partial charge in [0.1, 0.15) is 0 Å². The molecule has 74 valence electrons. The molecule has 0 amide bonds. The summed E-state index contributed by atoms with van der Waals surface area (Å²) in [5.74, 6) is 0.0488. The molecule has 0 aliphatic rings. The molecule has 0 spiro atoms. The van der Waals surface area contributed by atoms with Crippen molar-refractivity contribution in [2.45, 2.75) is 19.8 Å². The van der Waals surface area contributed by atoms with Crippen LogP contribution in [0.5, 0.6) is 0 Å². The first kappa shape index (κ1) is 11.9. The molecule has 0 aromatic carbocycles. The number of unbranched alkanes of at least 4 members (excludes halogenated alkanes) is 1. The Labute approximate surface area is 74.8 Å². The van der Waals surface area contributed by atoms with E-state index in [1.165, 1.54) is 4.31 Å². The second kappa shape index (κ2) is 5.50. The molecule has 0 radical (unpaired) electrons. The van der Waals surface area contributed by atoms with Gasteiger partial charge >= 0.3 is 0 Å². The van der Waals surface area contributed by atoms with Gasteiger partial charge in [-0.05, 0) is 6.42 Å². The maximum atomic E-state index is 11.3. The molecule has 0 heterocycles. The standard InChI is InChI=1S/C7H18N2O2S/c1-3-4-6-9(2)12(10,11)7-5-8/h3-8H2,1-2H3. The van der Waals surface area contributed by atoms with E-state index in [4.69, 9.17) is 5.73 Å². The van der Waals surface area contributed by atoms with Gasteiger partial charge in [-0.3, -0.25) is 0 Å². The van der Waals surface area contributed by atoms with Crippen LogP contribution < -0.4 is 5.73 Å². The maximum absolute atomic E-state index is 11.3. The van der Waals surface area contributed by atoms with Crippen LogP contribution in [0.3, 0.4) is 0 Å². The van der Waals surface area contributed by atoms with Gasteiger partial charge in [-0.25, -0.2) is 12.7 Å². The largest absolute Gasteiger partial charge is 0.329 e. The van der Waals surface area contributed by atoms with Crippen molar-refractivity contribution < 1.29 is 8.42 Å². The van der Waals surface area contributed by atoms with Crippen LogP contribution in [0.2, 0.25) is 0 Å². The predicted octanol–water partition coefficient (Wildman–Crippen LogP) is 0.00680. The topological polar surface area (TPSA) is 63.4 Å². The van der Waals surface area contributed by atoms with Crippen LogP contribution in [0.15, 0.2) is 0 Å². The van der Waals surface area contributed by atoms with Crippen LogP contribution >= 0.6 is 0 Å². The van der Waals surface area contributed by atoms with E-state index < -0.39 is 10.0 Å². The van der Waals surface area contributed by atoms with Gasteiger partial charge in [0.15, 0.2) is 0 Å². The third-order valence-electron chi connectivity index (χ3n) is 1.68. The lowest BCUT2D eigenvalue weighted by Crippen LogP contribution is -2.32. The number of hydrogen-bond acceptors (Lipinski definition) is 3. The average molecular weight is 194 g/mol. The van der Waals surface area contributed by atoms with Crippen molar-refractivity contribution in [2.24, 2.45) is 5.73 Å². The summed E-state index contributed by atoms with van der Waals surface area (Å²) in [5, 5.41) is 0. The van der Waals surface area contributed by atoms with E-state index in [9.17, 15) is 8.42 Å². The lowest BCUT2D eigenvalue weighted by Gasteiger charge is -2.15. The Bertz CT molecular complexity index is 201. The summed E-state index contributed by atoms with van der Waals surface area (Å²) in [6.07, 6.45) is 1.91. The normalized spacial score (nSPS) is 12.3. The summed E-state index contributed by atoms with van der Waals surface area (Å²) in [6.45, 7) is 2.82. The molecule has 0 fully saturated rings. The Morgan fingerprint density at radius 2 is 2.00 bits per heavy atom. The molecule has 0 unspecified atom stereocenters. The molecule has 4 nitrogen and oxygen atoms in total. The van der Waals surface area contributed by atoms with Crippen molar-refractivity contribution in [1.82, 2.24) is 4.31 Å². The van der Waals surface area contributed by atoms with E-state index in [2.05, 4.69) is 0 Å². The monoisotopic (exact) mass is 194 g/mol. The van der Waals surface area contributed by atoms with Crippen LogP contribution in [0.4, 0.5) is 0 Å². The fourth-order valence-electron chi connectivity index (χ4n) is 0.825. The maximum Gasteiger partial charge on any atom is 0.215 e. The molecule has 0 aromatic heterocycles. The van der Waals surface area contributed by atoms with E-state index in [0.29, 0.717) is 6.54 Å². The van der Waals surface area contributed by atoms with Gasteiger partial charge in [-0.1, -0.05) is 13.3 Å². The summed E-state index contributed by atoms with van der Waals surface area (Å²) in [6, 6.07) is 0. The zero-order valence-corrected chi connectivity index (χ0v) is 8.60. The molecule has 0 aliphatic carbocycles. The zero-order valence-electron chi connectivity index (χ0n) is 7.78. The third kappa shape index (κ3) is 4.04. The second-order valence-electron chi connectivity index (χ2n) is 2.78. The fraction of sp³-hybridized carbons (Fsp3) is 1.00. The van der Waals surface area contributed by atoms with Gasteiger partial charge in [0, 0.05) is 20.1 Å². The van der Waals surface area contributed by atoms with Gasteiger partial charge in [-0.2, -0.15) is 0 Å². The molecule has 12 heavy (non-hydrogen) atoms. The van der Waals surface area contributed by atoms with Crippen molar-refractivity contribution in [1.29, 1.82) is 0 Å². The van der Waals surface area contributed by atoms with Crippen LogP contribution in [0.1, 0.15) is 19.8 Å². The van der Waals surface area contributed by atoms with Crippen LogP contribution in [-0.4, -0.2) is 38.6 Å². The van der Waals surface area contributed by atoms with Gasteiger partial charge in [0.2, 0.25) is 10.0 Å². The van der Waals surface area contributed by atoms with E-state index in [1.54, 1.807) is 7.05 Å². The summed E-state index contributed by atoms with van der Waals surface area (Å²) in [4.78, 5) is 0. The SMILES string of the molecule is CCCCN(C)S(=O)(=O)CCN. The van der Waals surface area contributed by atoms with Crippen molar-refractivity contribution >= 4 is 10.0 Å². The molecule has 0 aromatic rings. The van der Waals surface area contributed by atoms with Gasteiger partial charge in [0.25, 0.3) is 0 Å². The minimum Gasteiger partial charge on any atom is -0.329 e. The average Bonchev–Trinajstić information content (AvgIpc) is 2.00. The van der Waals surface area contributed by atoms with E-state index in [0.717, 1.165) is 12.8 Å². The molecule has 0 saturated carbocycles. The van der Waals surface area contributed by atoms with Crippen LogP contribution in [0.25, 0.3) is 0 Å². The Hall–Kier alpha value is -0.130. The third-order valence-corrected chi connectivity index (χ3v) is 3.56. The summed E-state index contributed by atoms with van der Waals surface area (Å²) >= 11 is 0. The zero-order chi connectivity index (χ0) is 9.61. The summed E-state index contributed by atoms with van der Waals surface area (Å²) in [5.41, 5.74) is 5.18. The smallest absolute Gasteiger partial charge is 0.215 e. The fourth-order valence-corrected chi connectivity index (χ4v) is 1.84. The molecule has 0 bridgehead atoms. The van der Waals surface area contributed by atoms with E-state index in [-0.39, 0.29) is 12.3 Å². The van der Waals surface area contributed by atoms with Crippen molar-refractivity contribution in [3.05, 3.63) is 0 Å². The van der Waals surface area contributed by atoms with E-state index >= 15 is 0 Å². The lowest BCUT2D eigenvalue weighted by molar-refractivity contribution is 0.459. The first-order valence-corrected chi connectivity index (χ1v) is 5.79. The Morgan fingerprint density at radius 3 is 2.42 bits per heavy atom. The second-order valence-corrected chi connectivity index (χ2v) is 4.98. The minimum absolute atomic E-state index is 0.0488. The van der Waals surface area contributed by atoms with Gasteiger partial charge < -0.3 is 5.73 Å². The van der Waals surface area contributed by atoms with Gasteiger partial charge in [-0.15, -0.1) is 0 Å². The van der Waals surface area contributed by atoms with Crippen molar-refractivity contribution in [2.75, 3.05) is 25.9 Å². The Balaban J connectivity index is 3.98. The highest BCUT2D eigenvalue weighted by Gasteiger charge is 2.14. The highest BCUT2D eigenvalue weighted by atomic mass is 32.2. The molecule has 0 aliphatic heterocycles. The highest BCUT2D eigenvalue weighted by Crippen LogP contribution is 1.99. The summed E-state index contributed by atoms with van der Waals surface area (Å²) in [7, 11) is -1.48. The van der Waals surface area contributed by atoms with Crippen molar-refractivity contribution in [3.8, 4) is 0 Å². The Kier molecular flexibility index (Phi) is 5.44. The first-order chi connectivity index (χ1) is 5.54. The number of hydrogen-bond donors (Lipinski definition) is 1. The molecular weight excluding hydrogens is 176 g/mol. The quantitative estimate of drug-likeness (QED) is 0.647. The lowest BCUT2D eigenvalue weighted by atomic mass is 10.3. The van der Waals surface area contributed by atoms with Gasteiger partial charge in [0.05, 0.1) is 5.75 Å². The summed E-state index contributed by atoms with van der Waals surface area (Å²) < 4.78 is 23.9. The minimum atomic E-state index is -3.07. The molecule has 0 atom stereocenters. The highest BCUT2D eigenvalue weighted by molar-refractivity contribution is 7.89. The Morgan fingerprint density at radius 1 is 1.42 bits per heavy atom. The number of sulfonamides is 1. The van der Waals surface area contributed by atoms with Crippen LogP contribution in [-0.2, 0) is 10.0 Å². The molecular formula is C7H18N2O2S. The molecule has 0 saturated heterocycles. The number of nitrogens with zero attached hydrogens (tertiary/aromatic N) is 1. The first-order valence-electron chi connectivity index (χ1n) is 4.18.